The number of hydrogen-bond acceptors (Lipinski definition) is 4. The Kier molecular flexibility index (Phi) is 6.67. The van der Waals surface area contributed by atoms with E-state index in [9.17, 15) is 9.59 Å². The fraction of sp³-hybridized carbons (Fsp3) is 0.556. The molecule has 1 atom stereocenters. The number of ether oxygens (including phenoxy) is 2. The van der Waals surface area contributed by atoms with Crippen molar-refractivity contribution in [3.8, 4) is 0 Å². The van der Waals surface area contributed by atoms with E-state index < -0.39 is 29.3 Å². The number of amides is 1. The van der Waals surface area contributed by atoms with Crippen LogP contribution in [0.5, 0.6) is 0 Å². The number of carbonyl (C=O) groups excluding carboxylic acids is 2. The lowest BCUT2D eigenvalue weighted by Crippen LogP contribution is -2.45. The second-order valence-electron chi connectivity index (χ2n) is 7.35. The van der Waals surface area contributed by atoms with E-state index in [1.165, 1.54) is 0 Å². The summed E-state index contributed by atoms with van der Waals surface area (Å²) in [6, 6.07) is 6.56. The van der Waals surface area contributed by atoms with E-state index >= 15 is 0 Å². The molecule has 0 fully saturated rings. The maximum absolute atomic E-state index is 12.2. The molecular weight excluding hydrogens is 330 g/mol. The molecule has 1 rings (SSSR count). The van der Waals surface area contributed by atoms with Crippen LogP contribution < -0.4 is 5.32 Å². The number of halogens is 1. The van der Waals surface area contributed by atoms with Crippen molar-refractivity contribution in [2.75, 3.05) is 0 Å². The SMILES string of the molecule is CC(NC(=O)OC(C)(C)C)C(=O)OC(C)(C)Cc1ccc(Cl)cc1. The summed E-state index contributed by atoms with van der Waals surface area (Å²) in [4.78, 5) is 23.9. The lowest BCUT2D eigenvalue weighted by molar-refractivity contribution is -0.158. The van der Waals surface area contributed by atoms with E-state index in [-0.39, 0.29) is 0 Å². The van der Waals surface area contributed by atoms with Crippen LogP contribution in [0, 0.1) is 0 Å². The molecule has 0 radical (unpaired) electrons. The van der Waals surface area contributed by atoms with Crippen LogP contribution in [0.25, 0.3) is 0 Å². The maximum Gasteiger partial charge on any atom is 0.408 e. The Balaban J connectivity index is 2.57. The third-order valence-corrected chi connectivity index (χ3v) is 3.26. The van der Waals surface area contributed by atoms with E-state index in [4.69, 9.17) is 21.1 Å². The van der Waals surface area contributed by atoms with E-state index in [1.54, 1.807) is 39.8 Å². The van der Waals surface area contributed by atoms with Gasteiger partial charge in [0, 0.05) is 11.4 Å². The molecule has 0 saturated heterocycles. The highest BCUT2D eigenvalue weighted by molar-refractivity contribution is 6.30. The molecule has 6 heteroatoms. The summed E-state index contributed by atoms with van der Waals surface area (Å²) in [7, 11) is 0. The second-order valence-corrected chi connectivity index (χ2v) is 7.79. The molecule has 0 aliphatic rings. The Bertz CT molecular complexity index is 576. The van der Waals surface area contributed by atoms with Gasteiger partial charge in [0.05, 0.1) is 0 Å². The van der Waals surface area contributed by atoms with Crippen molar-refractivity contribution in [3.63, 3.8) is 0 Å². The van der Waals surface area contributed by atoms with Crippen LogP contribution in [0.2, 0.25) is 5.02 Å². The van der Waals surface area contributed by atoms with Crippen molar-refractivity contribution in [2.24, 2.45) is 0 Å². The van der Waals surface area contributed by atoms with Crippen LogP contribution in [0.15, 0.2) is 24.3 Å². The number of benzene rings is 1. The number of rotatable bonds is 5. The fourth-order valence-electron chi connectivity index (χ4n) is 2.03. The molecule has 1 unspecified atom stereocenters. The summed E-state index contributed by atoms with van der Waals surface area (Å²) in [5.41, 5.74) is -0.332. The second kappa shape index (κ2) is 7.88. The summed E-state index contributed by atoms with van der Waals surface area (Å²) in [6.07, 6.45) is -0.114. The Hall–Kier alpha value is -1.75. The first-order valence-corrected chi connectivity index (χ1v) is 8.22. The van der Waals surface area contributed by atoms with Crippen molar-refractivity contribution in [1.82, 2.24) is 5.32 Å². The van der Waals surface area contributed by atoms with Gasteiger partial charge in [-0.25, -0.2) is 9.59 Å². The zero-order valence-corrected chi connectivity index (χ0v) is 15.9. The van der Waals surface area contributed by atoms with Crippen molar-refractivity contribution >= 4 is 23.7 Å². The van der Waals surface area contributed by atoms with Crippen LogP contribution in [0.4, 0.5) is 4.79 Å². The van der Waals surface area contributed by atoms with E-state index in [0.717, 1.165) is 5.56 Å². The molecule has 0 saturated carbocycles. The molecule has 1 aromatic rings. The first-order chi connectivity index (χ1) is 10.9. The molecule has 1 N–H and O–H groups in total. The normalized spacial score (nSPS) is 13.1. The maximum atomic E-state index is 12.2. The summed E-state index contributed by atoms with van der Waals surface area (Å²) in [5, 5.41) is 3.13. The van der Waals surface area contributed by atoms with Gasteiger partial charge >= 0.3 is 12.1 Å². The monoisotopic (exact) mass is 355 g/mol. The summed E-state index contributed by atoms with van der Waals surface area (Å²) < 4.78 is 10.6. The minimum absolute atomic E-state index is 0.514. The molecule has 1 aromatic carbocycles. The number of carbonyl (C=O) groups is 2. The molecule has 0 aromatic heterocycles. The first-order valence-electron chi connectivity index (χ1n) is 7.85. The molecule has 134 valence electrons. The average Bonchev–Trinajstić information content (AvgIpc) is 2.38. The van der Waals surface area contributed by atoms with Gasteiger partial charge < -0.3 is 14.8 Å². The number of nitrogens with one attached hydrogen (secondary N) is 1. The Morgan fingerprint density at radius 3 is 2.12 bits per heavy atom. The van der Waals surface area contributed by atoms with E-state index in [0.29, 0.717) is 11.4 Å². The van der Waals surface area contributed by atoms with Crippen LogP contribution in [-0.4, -0.2) is 29.3 Å². The number of alkyl carbamates (subject to hydrolysis) is 1. The summed E-state index contributed by atoms with van der Waals surface area (Å²) in [5.74, 6) is -0.514. The zero-order chi connectivity index (χ0) is 18.5. The summed E-state index contributed by atoms with van der Waals surface area (Å²) >= 11 is 5.87. The fourth-order valence-corrected chi connectivity index (χ4v) is 2.16. The predicted molar refractivity (Wildman–Crippen MR) is 94.2 cm³/mol. The van der Waals surface area contributed by atoms with E-state index in [1.807, 2.05) is 26.0 Å². The van der Waals surface area contributed by atoms with Gasteiger partial charge in [-0.2, -0.15) is 0 Å². The minimum Gasteiger partial charge on any atom is -0.458 e. The molecular formula is C18H26ClNO4. The average molecular weight is 356 g/mol. The third-order valence-electron chi connectivity index (χ3n) is 3.01. The van der Waals surface area contributed by atoms with Crippen LogP contribution >= 0.6 is 11.6 Å². The van der Waals surface area contributed by atoms with Gasteiger partial charge in [0.15, 0.2) is 0 Å². The standard InChI is InChI=1S/C18H26ClNO4/c1-12(20-16(22)24-17(2,3)4)15(21)23-18(5,6)11-13-7-9-14(19)10-8-13/h7-10,12H,11H2,1-6H3,(H,20,22). The third kappa shape index (κ3) is 7.68. The Morgan fingerprint density at radius 2 is 1.62 bits per heavy atom. The van der Waals surface area contributed by atoms with Gasteiger partial charge in [0.2, 0.25) is 0 Å². The zero-order valence-electron chi connectivity index (χ0n) is 15.1. The minimum atomic E-state index is -0.802. The highest BCUT2D eigenvalue weighted by Gasteiger charge is 2.28. The molecule has 0 aliphatic carbocycles. The van der Waals surface area contributed by atoms with Gasteiger partial charge in [-0.3, -0.25) is 0 Å². The number of esters is 1. The molecule has 5 nitrogen and oxygen atoms in total. The lowest BCUT2D eigenvalue weighted by Gasteiger charge is -2.27. The van der Waals surface area contributed by atoms with Gasteiger partial charge in [-0.15, -0.1) is 0 Å². The van der Waals surface area contributed by atoms with Crippen molar-refractivity contribution in [3.05, 3.63) is 34.9 Å². The topological polar surface area (TPSA) is 64.6 Å². The largest absolute Gasteiger partial charge is 0.458 e. The molecule has 24 heavy (non-hydrogen) atoms. The number of hydrogen-bond donors (Lipinski definition) is 1. The molecule has 1 amide bonds. The van der Waals surface area contributed by atoms with Gasteiger partial charge in [-0.05, 0) is 59.2 Å². The first kappa shape index (κ1) is 20.3. The lowest BCUT2D eigenvalue weighted by atomic mass is 9.98. The predicted octanol–water partition coefficient (Wildman–Crippen LogP) is 4.12. The highest BCUT2D eigenvalue weighted by Crippen LogP contribution is 2.19. The van der Waals surface area contributed by atoms with Crippen molar-refractivity contribution in [1.29, 1.82) is 0 Å². The van der Waals surface area contributed by atoms with Crippen molar-refractivity contribution in [2.45, 2.75) is 65.2 Å². The van der Waals surface area contributed by atoms with Crippen molar-refractivity contribution < 1.29 is 19.1 Å². The Labute approximate surface area is 148 Å². The quantitative estimate of drug-likeness (QED) is 0.807. The highest BCUT2D eigenvalue weighted by atomic mass is 35.5. The van der Waals surface area contributed by atoms with Gasteiger partial charge in [0.1, 0.15) is 17.2 Å². The van der Waals surface area contributed by atoms with Gasteiger partial charge in [-0.1, -0.05) is 23.7 Å². The van der Waals surface area contributed by atoms with Crippen LogP contribution in [0.3, 0.4) is 0 Å². The molecule has 0 heterocycles. The smallest absolute Gasteiger partial charge is 0.408 e. The van der Waals surface area contributed by atoms with E-state index in [2.05, 4.69) is 5.32 Å². The molecule has 0 spiro atoms. The van der Waals surface area contributed by atoms with Crippen LogP contribution in [-0.2, 0) is 20.7 Å². The molecule has 0 aliphatic heterocycles. The summed E-state index contributed by atoms with van der Waals surface area (Å²) in [6.45, 7) is 10.5. The van der Waals surface area contributed by atoms with Gasteiger partial charge in [0.25, 0.3) is 0 Å². The Morgan fingerprint density at radius 1 is 1.08 bits per heavy atom. The molecule has 0 bridgehead atoms. The van der Waals surface area contributed by atoms with Crippen LogP contribution in [0.1, 0.15) is 47.1 Å².